The summed E-state index contributed by atoms with van der Waals surface area (Å²) in [5.41, 5.74) is 0. The van der Waals surface area contributed by atoms with Crippen LogP contribution in [0, 0.1) is 0 Å². The maximum absolute atomic E-state index is 11.4. The van der Waals surface area contributed by atoms with Gasteiger partial charge in [0.1, 0.15) is 0 Å². The highest BCUT2D eigenvalue weighted by molar-refractivity contribution is 8.01. The number of rotatable bonds is 8. The van der Waals surface area contributed by atoms with Crippen molar-refractivity contribution in [2.75, 3.05) is 24.2 Å². The zero-order valence-corrected chi connectivity index (χ0v) is 11.8. The van der Waals surface area contributed by atoms with Gasteiger partial charge in [0.05, 0.1) is 5.75 Å². The van der Waals surface area contributed by atoms with Crippen molar-refractivity contribution in [3.8, 4) is 0 Å². The fourth-order valence-corrected chi connectivity index (χ4v) is 2.62. The van der Waals surface area contributed by atoms with Crippen LogP contribution < -0.4 is 10.6 Å². The van der Waals surface area contributed by atoms with Gasteiger partial charge in [-0.15, -0.1) is 10.2 Å². The summed E-state index contributed by atoms with van der Waals surface area (Å²) in [6.45, 7) is 5.76. The molecular formula is C10H18N4OS2. The van der Waals surface area contributed by atoms with E-state index in [1.165, 1.54) is 23.1 Å². The smallest absolute Gasteiger partial charge is 0.230 e. The second-order valence-corrected chi connectivity index (χ2v) is 5.64. The van der Waals surface area contributed by atoms with Gasteiger partial charge in [-0.05, 0) is 12.8 Å². The molecule has 0 aliphatic carbocycles. The van der Waals surface area contributed by atoms with Crippen LogP contribution in [0.2, 0.25) is 0 Å². The van der Waals surface area contributed by atoms with E-state index in [-0.39, 0.29) is 5.91 Å². The van der Waals surface area contributed by atoms with Gasteiger partial charge in [0.15, 0.2) is 4.34 Å². The highest BCUT2D eigenvalue weighted by Crippen LogP contribution is 2.24. The average molecular weight is 274 g/mol. The number of thioether (sulfide) groups is 1. The van der Waals surface area contributed by atoms with Crippen LogP contribution in [0.5, 0.6) is 0 Å². The molecule has 0 saturated carbocycles. The van der Waals surface area contributed by atoms with Crippen molar-refractivity contribution in [1.82, 2.24) is 15.5 Å². The first kappa shape index (κ1) is 14.2. The monoisotopic (exact) mass is 274 g/mol. The van der Waals surface area contributed by atoms with E-state index >= 15 is 0 Å². The standard InChI is InChI=1S/C10H18N4OS2/c1-3-5-11-8(15)7-16-10-14-13-9(17-10)12-6-4-2/h3-7H2,1-2H3,(H,11,15)(H,12,13). The van der Waals surface area contributed by atoms with Crippen molar-refractivity contribution in [3.63, 3.8) is 0 Å². The Morgan fingerprint density at radius 2 is 2.06 bits per heavy atom. The molecule has 0 saturated heterocycles. The van der Waals surface area contributed by atoms with Crippen molar-refractivity contribution in [1.29, 1.82) is 0 Å². The van der Waals surface area contributed by atoms with Gasteiger partial charge in [-0.25, -0.2) is 0 Å². The average Bonchev–Trinajstić information content (AvgIpc) is 2.79. The second-order valence-electron chi connectivity index (χ2n) is 3.44. The first-order valence-electron chi connectivity index (χ1n) is 5.73. The minimum absolute atomic E-state index is 0.0510. The molecule has 1 heterocycles. The lowest BCUT2D eigenvalue weighted by molar-refractivity contribution is -0.118. The Morgan fingerprint density at radius 3 is 2.76 bits per heavy atom. The highest BCUT2D eigenvalue weighted by Gasteiger charge is 2.07. The Morgan fingerprint density at radius 1 is 1.29 bits per heavy atom. The molecule has 2 N–H and O–H groups in total. The van der Waals surface area contributed by atoms with Crippen molar-refractivity contribution in [2.45, 2.75) is 31.0 Å². The van der Waals surface area contributed by atoms with E-state index in [0.717, 1.165) is 35.4 Å². The van der Waals surface area contributed by atoms with E-state index < -0.39 is 0 Å². The normalized spacial score (nSPS) is 10.2. The Kier molecular flexibility index (Phi) is 6.95. The lowest BCUT2D eigenvalue weighted by atomic mass is 10.5. The molecule has 5 nitrogen and oxygen atoms in total. The molecule has 0 bridgehead atoms. The zero-order valence-electron chi connectivity index (χ0n) is 10.2. The second kappa shape index (κ2) is 8.30. The minimum Gasteiger partial charge on any atom is -0.360 e. The molecule has 0 radical (unpaired) electrons. The Hall–Kier alpha value is -0.820. The predicted octanol–water partition coefficient (Wildman–Crippen LogP) is 1.98. The molecule has 17 heavy (non-hydrogen) atoms. The van der Waals surface area contributed by atoms with Crippen LogP contribution in [-0.2, 0) is 4.79 Å². The zero-order chi connectivity index (χ0) is 12.5. The highest BCUT2D eigenvalue weighted by atomic mass is 32.2. The summed E-state index contributed by atoms with van der Waals surface area (Å²) in [5, 5.41) is 14.8. The maximum atomic E-state index is 11.4. The summed E-state index contributed by atoms with van der Waals surface area (Å²) < 4.78 is 0.829. The van der Waals surface area contributed by atoms with E-state index in [2.05, 4.69) is 27.8 Å². The third kappa shape index (κ3) is 5.88. The first-order valence-corrected chi connectivity index (χ1v) is 7.53. The largest absolute Gasteiger partial charge is 0.360 e. The van der Waals surface area contributed by atoms with Gasteiger partial charge in [-0.1, -0.05) is 36.9 Å². The molecule has 0 aromatic carbocycles. The Labute approximate surface area is 110 Å². The fourth-order valence-electron chi connectivity index (χ4n) is 1.01. The lowest BCUT2D eigenvalue weighted by Crippen LogP contribution is -2.25. The van der Waals surface area contributed by atoms with Gasteiger partial charge in [0.25, 0.3) is 0 Å². The molecule has 7 heteroatoms. The van der Waals surface area contributed by atoms with Crippen LogP contribution in [0.1, 0.15) is 26.7 Å². The molecule has 0 aliphatic rings. The Bertz CT molecular complexity index is 343. The van der Waals surface area contributed by atoms with Crippen LogP contribution >= 0.6 is 23.1 Å². The van der Waals surface area contributed by atoms with Crippen LogP contribution in [0.15, 0.2) is 4.34 Å². The summed E-state index contributed by atoms with van der Waals surface area (Å²) in [6.07, 6.45) is 2.02. The molecule has 1 aromatic heterocycles. The predicted molar refractivity (Wildman–Crippen MR) is 72.7 cm³/mol. The van der Waals surface area contributed by atoms with E-state index in [0.29, 0.717) is 5.75 Å². The van der Waals surface area contributed by atoms with E-state index in [1.54, 1.807) is 0 Å². The number of anilines is 1. The van der Waals surface area contributed by atoms with Gasteiger partial charge < -0.3 is 10.6 Å². The minimum atomic E-state index is 0.0510. The molecule has 0 aliphatic heterocycles. The molecule has 0 atom stereocenters. The van der Waals surface area contributed by atoms with E-state index in [9.17, 15) is 4.79 Å². The first-order chi connectivity index (χ1) is 8.26. The Balaban J connectivity index is 2.26. The van der Waals surface area contributed by atoms with Crippen molar-refractivity contribution in [3.05, 3.63) is 0 Å². The summed E-state index contributed by atoms with van der Waals surface area (Å²) in [7, 11) is 0. The van der Waals surface area contributed by atoms with E-state index in [4.69, 9.17) is 0 Å². The van der Waals surface area contributed by atoms with Crippen LogP contribution in [-0.4, -0.2) is 34.9 Å². The molecule has 1 aromatic rings. The van der Waals surface area contributed by atoms with Crippen molar-refractivity contribution >= 4 is 34.1 Å². The fraction of sp³-hybridized carbons (Fsp3) is 0.700. The summed E-state index contributed by atoms with van der Waals surface area (Å²) >= 11 is 2.91. The number of hydrogen-bond donors (Lipinski definition) is 2. The molecule has 0 unspecified atom stereocenters. The van der Waals surface area contributed by atoms with Crippen LogP contribution in [0.4, 0.5) is 5.13 Å². The SMILES string of the molecule is CCCNC(=O)CSc1nnc(NCCC)s1. The van der Waals surface area contributed by atoms with Gasteiger partial charge in [-0.3, -0.25) is 4.79 Å². The molecule has 1 rings (SSSR count). The lowest BCUT2D eigenvalue weighted by Gasteiger charge is -2.00. The number of carbonyl (C=O) groups is 1. The molecule has 96 valence electrons. The van der Waals surface area contributed by atoms with Crippen molar-refractivity contribution < 1.29 is 4.79 Å². The number of nitrogens with zero attached hydrogens (tertiary/aromatic N) is 2. The van der Waals surface area contributed by atoms with Gasteiger partial charge in [-0.2, -0.15) is 0 Å². The molecular weight excluding hydrogens is 256 g/mol. The summed E-state index contributed by atoms with van der Waals surface area (Å²) in [4.78, 5) is 11.4. The van der Waals surface area contributed by atoms with Gasteiger partial charge in [0, 0.05) is 13.1 Å². The summed E-state index contributed by atoms with van der Waals surface area (Å²) in [5.74, 6) is 0.456. The van der Waals surface area contributed by atoms with Crippen molar-refractivity contribution in [2.24, 2.45) is 0 Å². The topological polar surface area (TPSA) is 66.9 Å². The number of carbonyl (C=O) groups excluding carboxylic acids is 1. The maximum Gasteiger partial charge on any atom is 0.230 e. The number of hydrogen-bond acceptors (Lipinski definition) is 6. The van der Waals surface area contributed by atoms with Gasteiger partial charge >= 0.3 is 0 Å². The summed E-state index contributed by atoms with van der Waals surface area (Å²) in [6, 6.07) is 0. The molecule has 1 amide bonds. The van der Waals surface area contributed by atoms with E-state index in [1.807, 2.05) is 6.92 Å². The van der Waals surface area contributed by atoms with Crippen LogP contribution in [0.25, 0.3) is 0 Å². The third-order valence-electron chi connectivity index (χ3n) is 1.83. The quantitative estimate of drug-likeness (QED) is 0.710. The molecule has 0 fully saturated rings. The van der Waals surface area contributed by atoms with Crippen LogP contribution in [0.3, 0.4) is 0 Å². The number of nitrogens with one attached hydrogen (secondary N) is 2. The van der Waals surface area contributed by atoms with Gasteiger partial charge in [0.2, 0.25) is 11.0 Å². The molecule has 0 spiro atoms. The number of aromatic nitrogens is 2. The third-order valence-corrected chi connectivity index (χ3v) is 3.85. The number of amides is 1.